The molecule has 1 heterocycles. The van der Waals surface area contributed by atoms with Crippen LogP contribution in [0.1, 0.15) is 10.4 Å². The predicted octanol–water partition coefficient (Wildman–Crippen LogP) is 5.13. The first-order chi connectivity index (χ1) is 13.3. The largest absolute Gasteiger partial charge is 0.481 e. The van der Waals surface area contributed by atoms with Crippen molar-refractivity contribution in [3.8, 4) is 22.8 Å². The van der Waals surface area contributed by atoms with Gasteiger partial charge in [-0.25, -0.2) is 9.78 Å². The lowest BCUT2D eigenvalue weighted by molar-refractivity contribution is 0.0737. The molecule has 4 rings (SSSR count). The molecule has 0 aliphatic rings. The second-order valence-electron chi connectivity index (χ2n) is 5.98. The summed E-state index contributed by atoms with van der Waals surface area (Å²) in [6.45, 7) is 0. The molecule has 4 nitrogen and oxygen atoms in total. The molecular formula is C23H17NO3. The number of pyridine rings is 1. The van der Waals surface area contributed by atoms with E-state index in [-0.39, 0.29) is 0 Å². The summed E-state index contributed by atoms with van der Waals surface area (Å²) >= 11 is 0. The molecule has 27 heavy (non-hydrogen) atoms. The molecule has 1 aromatic heterocycles. The van der Waals surface area contributed by atoms with Gasteiger partial charge in [0.05, 0.1) is 12.7 Å². The fourth-order valence-corrected chi connectivity index (χ4v) is 3.06. The Bertz CT molecular complexity index is 1090. The molecule has 0 aliphatic heterocycles. The van der Waals surface area contributed by atoms with Gasteiger partial charge in [-0.3, -0.25) is 0 Å². The first kappa shape index (κ1) is 16.8. The summed E-state index contributed by atoms with van der Waals surface area (Å²) in [6.07, 6.45) is 1.75. The molecule has 0 aliphatic carbocycles. The van der Waals surface area contributed by atoms with Crippen molar-refractivity contribution in [3.05, 3.63) is 90.6 Å². The molecular weight excluding hydrogens is 338 g/mol. The van der Waals surface area contributed by atoms with Crippen LogP contribution in [0.15, 0.2) is 85.1 Å². The van der Waals surface area contributed by atoms with E-state index >= 15 is 0 Å². The number of hydrogen-bond acceptors (Lipinski definition) is 4. The maximum Gasteiger partial charge on any atom is 0.343 e. The van der Waals surface area contributed by atoms with E-state index in [0.29, 0.717) is 17.2 Å². The van der Waals surface area contributed by atoms with Crippen molar-refractivity contribution >= 4 is 16.7 Å². The molecule has 132 valence electrons. The number of nitrogens with zero attached hydrogens (tertiary/aromatic N) is 1. The standard InChI is InChI=1S/C23H17NO3/c1-26-22-18-13-8-14-20(27-23(25)17-11-6-3-7-12-17)21(18)19(15-24-22)16-9-4-2-5-10-16/h2-15H,1H3. The number of aromatic nitrogens is 1. The fourth-order valence-electron chi connectivity index (χ4n) is 3.06. The summed E-state index contributed by atoms with van der Waals surface area (Å²) in [4.78, 5) is 17.0. The van der Waals surface area contributed by atoms with Crippen molar-refractivity contribution in [2.45, 2.75) is 0 Å². The second-order valence-corrected chi connectivity index (χ2v) is 5.98. The molecule has 4 aromatic rings. The molecule has 0 fully saturated rings. The van der Waals surface area contributed by atoms with E-state index in [0.717, 1.165) is 21.9 Å². The van der Waals surface area contributed by atoms with Crippen LogP contribution >= 0.6 is 0 Å². The summed E-state index contributed by atoms with van der Waals surface area (Å²) in [6, 6.07) is 24.3. The smallest absolute Gasteiger partial charge is 0.343 e. The minimum Gasteiger partial charge on any atom is -0.481 e. The number of carbonyl (C=O) groups is 1. The van der Waals surface area contributed by atoms with Crippen LogP contribution in [-0.2, 0) is 0 Å². The highest BCUT2D eigenvalue weighted by Crippen LogP contribution is 2.38. The van der Waals surface area contributed by atoms with Gasteiger partial charge in [0, 0.05) is 22.5 Å². The van der Waals surface area contributed by atoms with Gasteiger partial charge < -0.3 is 9.47 Å². The van der Waals surface area contributed by atoms with E-state index < -0.39 is 5.97 Å². The topological polar surface area (TPSA) is 48.4 Å². The molecule has 0 atom stereocenters. The van der Waals surface area contributed by atoms with E-state index in [2.05, 4.69) is 4.98 Å². The van der Waals surface area contributed by atoms with Gasteiger partial charge in [-0.15, -0.1) is 0 Å². The van der Waals surface area contributed by atoms with Gasteiger partial charge in [-0.1, -0.05) is 54.6 Å². The highest BCUT2D eigenvalue weighted by molar-refractivity contribution is 6.04. The van der Waals surface area contributed by atoms with Crippen LogP contribution in [0.2, 0.25) is 0 Å². The number of ether oxygens (including phenoxy) is 2. The Hall–Kier alpha value is -3.66. The Balaban J connectivity index is 1.89. The molecule has 0 saturated carbocycles. The van der Waals surface area contributed by atoms with E-state index in [4.69, 9.17) is 9.47 Å². The number of methoxy groups -OCH3 is 1. The number of fused-ring (bicyclic) bond motifs is 1. The highest BCUT2D eigenvalue weighted by Gasteiger charge is 2.17. The lowest BCUT2D eigenvalue weighted by Crippen LogP contribution is -2.08. The maximum atomic E-state index is 12.6. The molecule has 0 amide bonds. The quantitative estimate of drug-likeness (QED) is 0.376. The van der Waals surface area contributed by atoms with Crippen LogP contribution in [0.4, 0.5) is 0 Å². The third-order valence-corrected chi connectivity index (χ3v) is 4.33. The average Bonchev–Trinajstić information content (AvgIpc) is 2.74. The van der Waals surface area contributed by atoms with Gasteiger partial charge in [0.2, 0.25) is 5.88 Å². The van der Waals surface area contributed by atoms with Crippen molar-refractivity contribution in [1.29, 1.82) is 0 Å². The first-order valence-corrected chi connectivity index (χ1v) is 8.56. The minimum atomic E-state index is -0.405. The van der Waals surface area contributed by atoms with Gasteiger partial charge in [-0.05, 0) is 29.8 Å². The van der Waals surface area contributed by atoms with Gasteiger partial charge >= 0.3 is 5.97 Å². The van der Waals surface area contributed by atoms with Crippen molar-refractivity contribution < 1.29 is 14.3 Å². The van der Waals surface area contributed by atoms with Gasteiger partial charge in [-0.2, -0.15) is 0 Å². The lowest BCUT2D eigenvalue weighted by Gasteiger charge is -2.14. The van der Waals surface area contributed by atoms with E-state index in [1.165, 1.54) is 0 Å². The summed E-state index contributed by atoms with van der Waals surface area (Å²) in [7, 11) is 1.58. The second kappa shape index (κ2) is 7.30. The van der Waals surface area contributed by atoms with Crippen molar-refractivity contribution in [2.75, 3.05) is 7.11 Å². The Morgan fingerprint density at radius 1 is 0.852 bits per heavy atom. The first-order valence-electron chi connectivity index (χ1n) is 8.56. The summed E-state index contributed by atoms with van der Waals surface area (Å²) < 4.78 is 11.2. The lowest BCUT2D eigenvalue weighted by atomic mass is 10.00. The Kier molecular flexibility index (Phi) is 4.54. The molecule has 0 saturated heterocycles. The van der Waals surface area contributed by atoms with Crippen molar-refractivity contribution in [3.63, 3.8) is 0 Å². The SMILES string of the molecule is COc1ncc(-c2ccccc2)c2c(OC(=O)c3ccccc3)cccc12. The fraction of sp³-hybridized carbons (Fsp3) is 0.0435. The van der Waals surface area contributed by atoms with Crippen LogP contribution in [-0.4, -0.2) is 18.1 Å². The van der Waals surface area contributed by atoms with Crippen molar-refractivity contribution in [1.82, 2.24) is 4.98 Å². The van der Waals surface area contributed by atoms with Crippen LogP contribution in [0.25, 0.3) is 21.9 Å². The predicted molar refractivity (Wildman–Crippen MR) is 105 cm³/mol. The molecule has 0 N–H and O–H groups in total. The number of hydrogen-bond donors (Lipinski definition) is 0. The number of rotatable bonds is 4. The minimum absolute atomic E-state index is 0.405. The third-order valence-electron chi connectivity index (χ3n) is 4.33. The maximum absolute atomic E-state index is 12.6. The Morgan fingerprint density at radius 3 is 2.26 bits per heavy atom. The monoisotopic (exact) mass is 355 g/mol. The third kappa shape index (κ3) is 3.25. The van der Waals surface area contributed by atoms with E-state index in [1.54, 1.807) is 31.5 Å². The van der Waals surface area contributed by atoms with Gasteiger partial charge in [0.15, 0.2) is 0 Å². The normalized spacial score (nSPS) is 10.6. The van der Waals surface area contributed by atoms with Crippen LogP contribution < -0.4 is 9.47 Å². The van der Waals surface area contributed by atoms with Crippen LogP contribution in [0.5, 0.6) is 11.6 Å². The van der Waals surface area contributed by atoms with E-state index in [1.807, 2.05) is 60.7 Å². The Morgan fingerprint density at radius 2 is 1.56 bits per heavy atom. The van der Waals surface area contributed by atoms with E-state index in [9.17, 15) is 4.79 Å². The molecule has 0 radical (unpaired) electrons. The summed E-state index contributed by atoms with van der Waals surface area (Å²) in [5, 5.41) is 1.58. The number of benzene rings is 3. The zero-order chi connectivity index (χ0) is 18.6. The summed E-state index contributed by atoms with van der Waals surface area (Å²) in [5.41, 5.74) is 2.36. The molecule has 4 heteroatoms. The van der Waals surface area contributed by atoms with Crippen LogP contribution in [0.3, 0.4) is 0 Å². The molecule has 3 aromatic carbocycles. The highest BCUT2D eigenvalue weighted by atomic mass is 16.5. The molecule has 0 spiro atoms. The zero-order valence-electron chi connectivity index (χ0n) is 14.8. The van der Waals surface area contributed by atoms with Crippen LogP contribution in [0, 0.1) is 0 Å². The number of esters is 1. The van der Waals surface area contributed by atoms with Gasteiger partial charge in [0.25, 0.3) is 0 Å². The number of carbonyl (C=O) groups excluding carboxylic acids is 1. The molecule has 0 unspecified atom stereocenters. The van der Waals surface area contributed by atoms with Crippen molar-refractivity contribution in [2.24, 2.45) is 0 Å². The Labute approximate surface area is 157 Å². The zero-order valence-corrected chi connectivity index (χ0v) is 14.8. The van der Waals surface area contributed by atoms with Gasteiger partial charge in [0.1, 0.15) is 5.75 Å². The average molecular weight is 355 g/mol. The summed E-state index contributed by atoms with van der Waals surface area (Å²) in [5.74, 6) is 0.557. The molecule has 0 bridgehead atoms.